The molecule has 0 saturated carbocycles. The summed E-state index contributed by atoms with van der Waals surface area (Å²) in [4.78, 5) is 11.6. The second kappa shape index (κ2) is 4.78. The summed E-state index contributed by atoms with van der Waals surface area (Å²) < 4.78 is 17.5. The summed E-state index contributed by atoms with van der Waals surface area (Å²) in [6.07, 6.45) is 1.63. The van der Waals surface area contributed by atoms with Crippen LogP contribution in [0.1, 0.15) is 11.3 Å². The number of nitrogens with one attached hydrogen (secondary N) is 1. The van der Waals surface area contributed by atoms with Gasteiger partial charge in [-0.15, -0.1) is 0 Å². The number of carbonyl (C=O) groups is 1. The van der Waals surface area contributed by atoms with Gasteiger partial charge in [-0.25, -0.2) is 4.39 Å². The van der Waals surface area contributed by atoms with Crippen LogP contribution in [0, 0.1) is 12.7 Å². The van der Waals surface area contributed by atoms with Crippen LogP contribution < -0.4 is 5.32 Å². The molecule has 2 aromatic rings. The molecule has 17 heavy (non-hydrogen) atoms. The van der Waals surface area contributed by atoms with Gasteiger partial charge in [0.2, 0.25) is 5.91 Å². The minimum atomic E-state index is -0.316. The molecule has 1 heterocycles. The van der Waals surface area contributed by atoms with E-state index in [9.17, 15) is 9.18 Å². The largest absolute Gasteiger partial charge is 0.359 e. The Morgan fingerprint density at radius 3 is 2.71 bits per heavy atom. The maximum atomic E-state index is 12.7. The highest BCUT2D eigenvalue weighted by Crippen LogP contribution is 2.13. The molecule has 1 aromatic carbocycles. The molecule has 0 aliphatic carbocycles. The van der Waals surface area contributed by atoms with Crippen molar-refractivity contribution in [3.63, 3.8) is 0 Å². The number of benzene rings is 1. The normalized spacial score (nSPS) is 10.2. The van der Waals surface area contributed by atoms with Crippen molar-refractivity contribution in [1.29, 1.82) is 0 Å². The van der Waals surface area contributed by atoms with Crippen LogP contribution in [0.2, 0.25) is 0 Å². The van der Waals surface area contributed by atoms with E-state index in [4.69, 9.17) is 4.52 Å². The quantitative estimate of drug-likeness (QED) is 0.886. The summed E-state index contributed by atoms with van der Waals surface area (Å²) in [5.74, 6) is 0.0457. The number of aromatic nitrogens is 1. The Bertz CT molecular complexity index is 520. The summed E-state index contributed by atoms with van der Waals surface area (Å²) in [6, 6.07) is 5.81. The first-order valence-electron chi connectivity index (χ1n) is 5.11. The average molecular weight is 234 g/mol. The molecule has 4 nitrogen and oxygen atoms in total. The van der Waals surface area contributed by atoms with Crippen LogP contribution in [0.15, 0.2) is 35.0 Å². The molecular formula is C12H11FN2O2. The van der Waals surface area contributed by atoms with Crippen LogP contribution >= 0.6 is 0 Å². The lowest BCUT2D eigenvalue weighted by Gasteiger charge is -2.03. The Morgan fingerprint density at radius 1 is 1.41 bits per heavy atom. The van der Waals surface area contributed by atoms with E-state index in [-0.39, 0.29) is 18.1 Å². The molecule has 88 valence electrons. The standard InChI is InChI=1S/C12H11FN2O2/c1-8-11(7-14-17-8)15-12(16)6-9-2-4-10(13)5-3-9/h2-5,7H,6H2,1H3,(H,15,16). The Kier molecular flexibility index (Phi) is 3.18. The van der Waals surface area contributed by atoms with Gasteiger partial charge in [-0.2, -0.15) is 0 Å². The molecule has 1 amide bonds. The van der Waals surface area contributed by atoms with Gasteiger partial charge in [0.15, 0.2) is 5.76 Å². The third-order valence-electron chi connectivity index (χ3n) is 2.30. The maximum Gasteiger partial charge on any atom is 0.228 e. The summed E-state index contributed by atoms with van der Waals surface area (Å²) >= 11 is 0. The topological polar surface area (TPSA) is 55.1 Å². The van der Waals surface area contributed by atoms with Gasteiger partial charge in [-0.3, -0.25) is 4.79 Å². The first-order chi connectivity index (χ1) is 8.15. The van der Waals surface area contributed by atoms with Gasteiger partial charge in [-0.1, -0.05) is 17.3 Å². The molecule has 0 atom stereocenters. The van der Waals surface area contributed by atoms with Gasteiger partial charge in [0.05, 0.1) is 12.6 Å². The van der Waals surface area contributed by atoms with Gasteiger partial charge in [0, 0.05) is 0 Å². The van der Waals surface area contributed by atoms with Crippen molar-refractivity contribution in [2.45, 2.75) is 13.3 Å². The highest BCUT2D eigenvalue weighted by Gasteiger charge is 2.08. The van der Waals surface area contributed by atoms with Crippen LogP contribution in [0.25, 0.3) is 0 Å². The van der Waals surface area contributed by atoms with Crippen molar-refractivity contribution in [2.75, 3.05) is 5.32 Å². The first kappa shape index (κ1) is 11.3. The molecule has 1 N–H and O–H groups in total. The van der Waals surface area contributed by atoms with Crippen LogP contribution in [-0.4, -0.2) is 11.1 Å². The van der Waals surface area contributed by atoms with E-state index in [1.54, 1.807) is 19.1 Å². The number of amides is 1. The van der Waals surface area contributed by atoms with Gasteiger partial charge < -0.3 is 9.84 Å². The Labute approximate surface area is 97.4 Å². The van der Waals surface area contributed by atoms with Crippen molar-refractivity contribution in [2.24, 2.45) is 0 Å². The third-order valence-corrected chi connectivity index (χ3v) is 2.30. The molecule has 2 rings (SSSR count). The van der Waals surface area contributed by atoms with Gasteiger partial charge in [-0.05, 0) is 24.6 Å². The molecule has 0 aliphatic heterocycles. The van der Waals surface area contributed by atoms with E-state index < -0.39 is 0 Å². The van der Waals surface area contributed by atoms with Crippen molar-refractivity contribution in [3.8, 4) is 0 Å². The van der Waals surface area contributed by atoms with Gasteiger partial charge >= 0.3 is 0 Å². The molecule has 0 fully saturated rings. The maximum absolute atomic E-state index is 12.7. The van der Waals surface area contributed by atoms with Crippen LogP contribution in [0.4, 0.5) is 10.1 Å². The second-order valence-corrected chi connectivity index (χ2v) is 3.65. The smallest absolute Gasteiger partial charge is 0.228 e. The van der Waals surface area contributed by atoms with E-state index in [1.165, 1.54) is 18.3 Å². The molecule has 1 aromatic heterocycles. The predicted octanol–water partition coefficient (Wildman–Crippen LogP) is 2.30. The van der Waals surface area contributed by atoms with Gasteiger partial charge in [0.25, 0.3) is 0 Å². The number of hydrogen-bond acceptors (Lipinski definition) is 3. The summed E-state index contributed by atoms with van der Waals surface area (Å²) in [5, 5.41) is 6.22. The van der Waals surface area contributed by atoms with E-state index in [2.05, 4.69) is 10.5 Å². The first-order valence-corrected chi connectivity index (χ1v) is 5.11. The fourth-order valence-electron chi connectivity index (χ4n) is 1.40. The number of carbonyl (C=O) groups excluding carboxylic acids is 1. The second-order valence-electron chi connectivity index (χ2n) is 3.65. The van der Waals surface area contributed by atoms with Crippen LogP contribution in [-0.2, 0) is 11.2 Å². The highest BCUT2D eigenvalue weighted by molar-refractivity contribution is 5.92. The summed E-state index contributed by atoms with van der Waals surface area (Å²) in [6.45, 7) is 1.71. The Hall–Kier alpha value is -2.17. The van der Waals surface area contributed by atoms with Crippen molar-refractivity contribution in [1.82, 2.24) is 5.16 Å². The van der Waals surface area contributed by atoms with Crippen LogP contribution in [0.5, 0.6) is 0 Å². The molecule has 0 unspecified atom stereocenters. The molecule has 0 aliphatic rings. The minimum Gasteiger partial charge on any atom is -0.359 e. The lowest BCUT2D eigenvalue weighted by molar-refractivity contribution is -0.115. The fourth-order valence-corrected chi connectivity index (χ4v) is 1.40. The van der Waals surface area contributed by atoms with Crippen molar-refractivity contribution < 1.29 is 13.7 Å². The number of rotatable bonds is 3. The number of halogens is 1. The molecule has 5 heteroatoms. The lowest BCUT2D eigenvalue weighted by atomic mass is 10.1. The SMILES string of the molecule is Cc1oncc1NC(=O)Cc1ccc(F)cc1. The van der Waals surface area contributed by atoms with E-state index >= 15 is 0 Å². The highest BCUT2D eigenvalue weighted by atomic mass is 19.1. The van der Waals surface area contributed by atoms with Gasteiger partial charge in [0.1, 0.15) is 11.5 Å². The molecular weight excluding hydrogens is 223 g/mol. The molecule has 0 radical (unpaired) electrons. The summed E-state index contributed by atoms with van der Waals surface area (Å²) in [5.41, 5.74) is 1.30. The predicted molar refractivity (Wildman–Crippen MR) is 60.0 cm³/mol. The Morgan fingerprint density at radius 2 is 2.12 bits per heavy atom. The minimum absolute atomic E-state index is 0.185. The zero-order chi connectivity index (χ0) is 12.3. The molecule has 0 spiro atoms. The molecule has 0 saturated heterocycles. The number of hydrogen-bond donors (Lipinski definition) is 1. The van der Waals surface area contributed by atoms with Crippen molar-refractivity contribution in [3.05, 3.63) is 47.6 Å². The number of aryl methyl sites for hydroxylation is 1. The Balaban J connectivity index is 1.98. The monoisotopic (exact) mass is 234 g/mol. The number of nitrogens with zero attached hydrogens (tertiary/aromatic N) is 1. The zero-order valence-corrected chi connectivity index (χ0v) is 9.24. The lowest BCUT2D eigenvalue weighted by Crippen LogP contribution is -2.14. The van der Waals surface area contributed by atoms with E-state index in [1.807, 2.05) is 0 Å². The van der Waals surface area contributed by atoms with E-state index in [0.29, 0.717) is 11.4 Å². The number of anilines is 1. The summed E-state index contributed by atoms with van der Waals surface area (Å²) in [7, 11) is 0. The zero-order valence-electron chi connectivity index (χ0n) is 9.24. The van der Waals surface area contributed by atoms with E-state index in [0.717, 1.165) is 5.56 Å². The third kappa shape index (κ3) is 2.90. The van der Waals surface area contributed by atoms with Crippen LogP contribution in [0.3, 0.4) is 0 Å². The van der Waals surface area contributed by atoms with Crippen molar-refractivity contribution >= 4 is 11.6 Å². The molecule has 0 bridgehead atoms. The fraction of sp³-hybridized carbons (Fsp3) is 0.167. The average Bonchev–Trinajstić information content (AvgIpc) is 2.68.